The van der Waals surface area contributed by atoms with Crippen molar-refractivity contribution in [2.45, 2.75) is 19.4 Å². The van der Waals surface area contributed by atoms with E-state index in [2.05, 4.69) is 20.4 Å². The Bertz CT molecular complexity index is 1010. The Morgan fingerprint density at radius 2 is 2.12 bits per heavy atom. The summed E-state index contributed by atoms with van der Waals surface area (Å²) in [5.41, 5.74) is 1.64. The number of halogens is 1. The summed E-state index contributed by atoms with van der Waals surface area (Å²) < 4.78 is 7.14. The molecule has 4 aromatic rings. The van der Waals surface area contributed by atoms with E-state index < -0.39 is 0 Å². The molecule has 3 heterocycles. The van der Waals surface area contributed by atoms with Gasteiger partial charge < -0.3 is 9.84 Å². The van der Waals surface area contributed by atoms with Crippen molar-refractivity contribution in [2.24, 2.45) is 0 Å². The molecule has 1 aromatic carbocycles. The van der Waals surface area contributed by atoms with Gasteiger partial charge in [-0.05, 0) is 24.3 Å². The molecule has 0 aliphatic rings. The van der Waals surface area contributed by atoms with E-state index in [-0.39, 0.29) is 12.3 Å². The van der Waals surface area contributed by atoms with Crippen LogP contribution in [0.5, 0.6) is 0 Å². The Hall–Kier alpha value is -2.71. The molecule has 0 aliphatic heterocycles. The molecule has 4 rings (SSSR count). The van der Waals surface area contributed by atoms with Crippen molar-refractivity contribution in [1.29, 1.82) is 0 Å². The minimum atomic E-state index is -0.0902. The molecule has 3 aromatic heterocycles. The van der Waals surface area contributed by atoms with Crippen LogP contribution in [0.15, 0.2) is 46.6 Å². The summed E-state index contributed by atoms with van der Waals surface area (Å²) in [6.07, 6.45) is 4.49. The predicted molar refractivity (Wildman–Crippen MR) is 98.0 cm³/mol. The van der Waals surface area contributed by atoms with Gasteiger partial charge in [0.1, 0.15) is 0 Å². The Labute approximate surface area is 157 Å². The Morgan fingerprint density at radius 3 is 2.92 bits per heavy atom. The number of rotatable bonds is 6. The number of aryl methyl sites for hydroxylation is 1. The van der Waals surface area contributed by atoms with Gasteiger partial charge in [-0.1, -0.05) is 16.8 Å². The van der Waals surface area contributed by atoms with E-state index in [9.17, 15) is 4.79 Å². The number of fused-ring (bicyclic) bond motifs is 1. The molecule has 0 unspecified atom stereocenters. The van der Waals surface area contributed by atoms with Gasteiger partial charge in [0.05, 0.1) is 12.2 Å². The van der Waals surface area contributed by atoms with Crippen LogP contribution in [0.25, 0.3) is 16.3 Å². The lowest BCUT2D eigenvalue weighted by Gasteiger charge is -2.01. The van der Waals surface area contributed by atoms with Crippen molar-refractivity contribution >= 4 is 33.8 Å². The first-order valence-corrected chi connectivity index (χ1v) is 9.19. The zero-order valence-electron chi connectivity index (χ0n) is 13.6. The smallest absolute Gasteiger partial charge is 0.227 e. The fourth-order valence-corrected chi connectivity index (χ4v) is 3.28. The van der Waals surface area contributed by atoms with Crippen molar-refractivity contribution in [3.63, 3.8) is 0 Å². The number of aromatic nitrogens is 4. The fourth-order valence-electron chi connectivity index (χ4n) is 2.43. The van der Waals surface area contributed by atoms with E-state index in [0.29, 0.717) is 29.7 Å². The second-order valence-corrected chi connectivity index (χ2v) is 6.93. The van der Waals surface area contributed by atoms with Gasteiger partial charge in [-0.15, -0.1) is 11.3 Å². The van der Waals surface area contributed by atoms with E-state index in [1.807, 2.05) is 34.3 Å². The van der Waals surface area contributed by atoms with Gasteiger partial charge in [0.2, 0.25) is 17.6 Å². The van der Waals surface area contributed by atoms with Gasteiger partial charge in [-0.2, -0.15) is 4.98 Å². The normalized spacial score (nSPS) is 11.1. The number of nitrogens with one attached hydrogen (secondary N) is 1. The van der Waals surface area contributed by atoms with E-state index >= 15 is 0 Å². The second kappa shape index (κ2) is 7.27. The quantitative estimate of drug-likeness (QED) is 0.548. The number of nitrogens with zero attached hydrogens (tertiary/aromatic N) is 4. The third-order valence-corrected chi connectivity index (χ3v) is 4.77. The molecule has 9 heteroatoms. The molecule has 0 fully saturated rings. The molecule has 0 aliphatic carbocycles. The molecule has 26 heavy (non-hydrogen) atoms. The van der Waals surface area contributed by atoms with Gasteiger partial charge in [0.15, 0.2) is 4.96 Å². The van der Waals surface area contributed by atoms with Crippen molar-refractivity contribution < 1.29 is 9.32 Å². The van der Waals surface area contributed by atoms with Crippen molar-refractivity contribution in [2.75, 3.05) is 0 Å². The van der Waals surface area contributed by atoms with Gasteiger partial charge in [0.25, 0.3) is 0 Å². The highest BCUT2D eigenvalue weighted by molar-refractivity contribution is 7.15. The number of hydrogen-bond acceptors (Lipinski definition) is 6. The number of imidazole rings is 1. The summed E-state index contributed by atoms with van der Waals surface area (Å²) >= 11 is 7.42. The maximum atomic E-state index is 12.0. The monoisotopic (exact) mass is 387 g/mol. The number of benzene rings is 1. The maximum absolute atomic E-state index is 12.0. The van der Waals surface area contributed by atoms with Crippen molar-refractivity contribution in [3.8, 4) is 11.4 Å². The van der Waals surface area contributed by atoms with Gasteiger partial charge in [-0.25, -0.2) is 4.98 Å². The van der Waals surface area contributed by atoms with Gasteiger partial charge in [-0.3, -0.25) is 9.20 Å². The molecule has 0 bridgehead atoms. The summed E-state index contributed by atoms with van der Waals surface area (Å²) in [7, 11) is 0. The average molecular weight is 388 g/mol. The lowest BCUT2D eigenvalue weighted by Crippen LogP contribution is -2.23. The van der Waals surface area contributed by atoms with Gasteiger partial charge >= 0.3 is 0 Å². The number of thiazole rings is 1. The van der Waals surface area contributed by atoms with Crippen molar-refractivity contribution in [1.82, 2.24) is 24.8 Å². The third-order valence-electron chi connectivity index (χ3n) is 3.75. The Morgan fingerprint density at radius 1 is 1.27 bits per heavy atom. The lowest BCUT2D eigenvalue weighted by molar-refractivity contribution is -0.121. The van der Waals surface area contributed by atoms with Crippen LogP contribution < -0.4 is 5.32 Å². The fraction of sp³-hybridized carbons (Fsp3) is 0.176. The van der Waals surface area contributed by atoms with Crippen LogP contribution >= 0.6 is 22.9 Å². The highest BCUT2D eigenvalue weighted by Crippen LogP contribution is 2.19. The third kappa shape index (κ3) is 3.76. The maximum Gasteiger partial charge on any atom is 0.227 e. The van der Waals surface area contributed by atoms with Crippen LogP contribution in [0.4, 0.5) is 0 Å². The lowest BCUT2D eigenvalue weighted by atomic mass is 10.2. The van der Waals surface area contributed by atoms with Crippen LogP contribution in [-0.2, 0) is 17.8 Å². The Kier molecular flexibility index (Phi) is 4.68. The first kappa shape index (κ1) is 16.7. The highest BCUT2D eigenvalue weighted by Gasteiger charge is 2.11. The molecular weight excluding hydrogens is 374 g/mol. The number of carbonyl (C=O) groups excluding carboxylic acids is 1. The zero-order valence-corrected chi connectivity index (χ0v) is 15.1. The van der Waals surface area contributed by atoms with Crippen LogP contribution in [0.2, 0.25) is 5.02 Å². The molecule has 132 valence electrons. The van der Waals surface area contributed by atoms with E-state index in [1.54, 1.807) is 23.5 Å². The first-order valence-electron chi connectivity index (χ1n) is 7.94. The van der Waals surface area contributed by atoms with Crippen molar-refractivity contribution in [3.05, 3.63) is 58.6 Å². The summed E-state index contributed by atoms with van der Waals surface area (Å²) in [6.45, 7) is 0.396. The summed E-state index contributed by atoms with van der Waals surface area (Å²) in [4.78, 5) is 21.7. The standard InChI is InChI=1S/C17H14ClN5O2S/c18-12-3-1-11(2-4-12)16-21-15(25-22-16)6-5-14(24)19-9-13-10-23-7-8-26-17(23)20-13/h1-4,7-8,10H,5-6,9H2,(H,19,24). The SMILES string of the molecule is O=C(CCc1nc(-c2ccc(Cl)cc2)no1)NCc1cn2ccsc2n1. The molecule has 1 amide bonds. The van der Waals surface area contributed by atoms with Crippen LogP contribution in [-0.4, -0.2) is 25.4 Å². The largest absolute Gasteiger partial charge is 0.350 e. The minimum Gasteiger partial charge on any atom is -0.350 e. The summed E-state index contributed by atoms with van der Waals surface area (Å²) in [5.74, 6) is 0.815. The van der Waals surface area contributed by atoms with Crippen LogP contribution in [0, 0.1) is 0 Å². The summed E-state index contributed by atoms with van der Waals surface area (Å²) in [6, 6.07) is 7.17. The second-order valence-electron chi connectivity index (χ2n) is 5.62. The number of amides is 1. The van der Waals surface area contributed by atoms with E-state index in [4.69, 9.17) is 16.1 Å². The predicted octanol–water partition coefficient (Wildman–Crippen LogP) is 3.35. The minimum absolute atomic E-state index is 0.0902. The van der Waals surface area contributed by atoms with Crippen LogP contribution in [0.3, 0.4) is 0 Å². The first-order chi connectivity index (χ1) is 12.7. The zero-order chi connectivity index (χ0) is 17.9. The topological polar surface area (TPSA) is 85.3 Å². The molecule has 0 spiro atoms. The molecule has 7 nitrogen and oxygen atoms in total. The van der Waals surface area contributed by atoms with E-state index in [1.165, 1.54) is 0 Å². The van der Waals surface area contributed by atoms with Gasteiger partial charge in [0, 0.05) is 41.2 Å². The Balaban J connectivity index is 1.29. The number of carbonyl (C=O) groups is 1. The average Bonchev–Trinajstić information content (AvgIpc) is 3.34. The molecule has 0 radical (unpaired) electrons. The summed E-state index contributed by atoms with van der Waals surface area (Å²) in [5, 5.41) is 9.39. The molecule has 0 atom stereocenters. The molecule has 0 saturated heterocycles. The molecule has 1 N–H and O–H groups in total. The molecule has 0 saturated carbocycles. The number of hydrogen-bond donors (Lipinski definition) is 1. The van der Waals surface area contributed by atoms with Crippen LogP contribution in [0.1, 0.15) is 18.0 Å². The molecular formula is C17H14ClN5O2S. The highest BCUT2D eigenvalue weighted by atomic mass is 35.5. The van der Waals surface area contributed by atoms with E-state index in [0.717, 1.165) is 16.2 Å².